The van der Waals surface area contributed by atoms with E-state index in [-0.39, 0.29) is 50.2 Å². The highest BCUT2D eigenvalue weighted by molar-refractivity contribution is 7.17. The van der Waals surface area contributed by atoms with Gasteiger partial charge in [0.1, 0.15) is 18.4 Å². The van der Waals surface area contributed by atoms with E-state index in [9.17, 15) is 24.3 Å². The minimum atomic E-state index is -1.22. The molecule has 4 N–H and O–H groups in total. The van der Waals surface area contributed by atoms with E-state index >= 15 is 0 Å². The lowest BCUT2D eigenvalue weighted by Crippen LogP contribution is -2.53. The molecule has 1 aliphatic heterocycles. The van der Waals surface area contributed by atoms with Crippen LogP contribution in [0.5, 0.6) is 5.75 Å². The molecule has 4 rings (SSSR count). The second kappa shape index (κ2) is 12.1. The van der Waals surface area contributed by atoms with Gasteiger partial charge in [0.15, 0.2) is 0 Å². The lowest BCUT2D eigenvalue weighted by molar-refractivity contribution is -0.125. The first-order valence-corrected chi connectivity index (χ1v) is 13.1. The van der Waals surface area contributed by atoms with Gasteiger partial charge >= 0.3 is 0 Å². The number of aryl methyl sites for hydroxylation is 1. The average molecular weight is 539 g/mol. The van der Waals surface area contributed by atoms with Gasteiger partial charge in [0.2, 0.25) is 11.8 Å². The lowest BCUT2D eigenvalue weighted by atomic mass is 10.1. The third kappa shape index (κ3) is 6.29. The monoisotopic (exact) mass is 538 g/mol. The maximum absolute atomic E-state index is 13.5. The van der Waals surface area contributed by atoms with Gasteiger partial charge in [-0.3, -0.25) is 19.2 Å². The zero-order valence-electron chi connectivity index (χ0n) is 21.2. The van der Waals surface area contributed by atoms with Gasteiger partial charge in [0, 0.05) is 34.1 Å². The number of nitrogens with zero attached hydrogens (tertiary/aromatic N) is 1. The third-order valence-corrected chi connectivity index (χ3v) is 7.16. The van der Waals surface area contributed by atoms with Crippen LogP contribution in [0.25, 0.3) is 10.1 Å². The second-order valence-electron chi connectivity index (χ2n) is 9.03. The van der Waals surface area contributed by atoms with E-state index in [1.54, 1.807) is 23.6 Å². The van der Waals surface area contributed by atoms with E-state index in [4.69, 9.17) is 4.74 Å². The van der Waals surface area contributed by atoms with Gasteiger partial charge in [0.25, 0.3) is 11.8 Å². The fourth-order valence-corrected chi connectivity index (χ4v) is 5.03. The first-order chi connectivity index (χ1) is 18.2. The molecular weight excluding hydrogens is 508 g/mol. The molecule has 0 radical (unpaired) electrons. The van der Waals surface area contributed by atoms with Crippen molar-refractivity contribution in [2.45, 2.75) is 26.0 Å². The molecule has 0 saturated carbocycles. The quantitative estimate of drug-likeness (QED) is 0.390. The van der Waals surface area contributed by atoms with Gasteiger partial charge in [-0.15, -0.1) is 11.3 Å². The normalized spacial score (nSPS) is 18.6. The molecule has 0 saturated heterocycles. The van der Waals surface area contributed by atoms with Crippen molar-refractivity contribution >= 4 is 45.1 Å². The topological polar surface area (TPSA) is 137 Å². The summed E-state index contributed by atoms with van der Waals surface area (Å²) in [6, 6.07) is 11.1. The Morgan fingerprint density at radius 2 is 1.92 bits per heavy atom. The van der Waals surface area contributed by atoms with Crippen molar-refractivity contribution in [3.05, 3.63) is 64.5 Å². The Morgan fingerprint density at radius 1 is 1.13 bits per heavy atom. The summed E-state index contributed by atoms with van der Waals surface area (Å²) in [5, 5.41) is 20.7. The molecule has 0 spiro atoms. The molecular formula is C27H30N4O6S. The Morgan fingerprint density at radius 3 is 2.71 bits per heavy atom. The number of rotatable bonds is 2. The summed E-state index contributed by atoms with van der Waals surface area (Å²) in [4.78, 5) is 53.3. The van der Waals surface area contributed by atoms with Gasteiger partial charge in [-0.25, -0.2) is 0 Å². The van der Waals surface area contributed by atoms with E-state index in [1.165, 1.54) is 23.2 Å². The van der Waals surface area contributed by atoms with Crippen LogP contribution in [0.15, 0.2) is 47.8 Å². The molecule has 10 nitrogen and oxygen atoms in total. The average Bonchev–Trinajstić information content (AvgIpc) is 3.33. The number of carbonyl (C=O) groups excluding carboxylic acids is 4. The number of benzene rings is 2. The molecule has 1 aromatic heterocycles. The van der Waals surface area contributed by atoms with Crippen LogP contribution in [-0.2, 0) is 9.59 Å². The number of carbonyl (C=O) groups is 4. The Balaban J connectivity index is 1.57. The summed E-state index contributed by atoms with van der Waals surface area (Å²) < 4.78 is 6.72. The van der Waals surface area contributed by atoms with Gasteiger partial charge in [-0.1, -0.05) is 24.3 Å². The molecule has 3 aromatic rings. The van der Waals surface area contributed by atoms with E-state index < -0.39 is 24.0 Å². The second-order valence-corrected chi connectivity index (χ2v) is 9.94. The summed E-state index contributed by atoms with van der Waals surface area (Å²) in [5.41, 5.74) is 1.52. The SMILES string of the molecule is Cc1ccc2cc1OCCNC(=O)CN(C(=O)c1csc3ccccc13)CCNC(=O)[C@H]([C@@H](C)O)NC2=O. The van der Waals surface area contributed by atoms with Crippen LogP contribution >= 0.6 is 11.3 Å². The standard InChI is InChI=1S/C27H30N4O6S/c1-16-7-8-18-13-21(16)37-12-10-28-23(33)14-31(11-9-29-26(35)24(17(2)32)30-25(18)34)27(36)20-15-38-22-6-4-3-5-19(20)22/h3-8,13,15,17,24,32H,9-12,14H2,1-2H3,(H,28,33)(H,29,35)(H,30,34)/t17-,24+/m1/s1. The van der Waals surface area contributed by atoms with Crippen LogP contribution < -0.4 is 20.7 Å². The van der Waals surface area contributed by atoms with E-state index in [2.05, 4.69) is 16.0 Å². The minimum Gasteiger partial charge on any atom is -0.491 e. The van der Waals surface area contributed by atoms with Crippen LogP contribution in [-0.4, -0.2) is 78.6 Å². The Kier molecular flexibility index (Phi) is 8.59. The van der Waals surface area contributed by atoms with Crippen LogP contribution in [0.1, 0.15) is 33.2 Å². The van der Waals surface area contributed by atoms with Gasteiger partial charge in [-0.2, -0.15) is 0 Å². The van der Waals surface area contributed by atoms with E-state index in [0.717, 1.165) is 15.6 Å². The zero-order valence-corrected chi connectivity index (χ0v) is 22.0. The fourth-order valence-electron chi connectivity index (χ4n) is 4.10. The minimum absolute atomic E-state index is 0.0107. The molecule has 11 heteroatoms. The number of aliphatic hydroxyl groups excluding tert-OH is 1. The predicted molar refractivity (Wildman–Crippen MR) is 143 cm³/mol. The Bertz CT molecular complexity index is 1350. The van der Waals surface area contributed by atoms with Gasteiger partial charge in [0.05, 0.1) is 24.8 Å². The zero-order chi connectivity index (χ0) is 27.2. The van der Waals surface area contributed by atoms with Crippen molar-refractivity contribution in [2.75, 3.05) is 32.8 Å². The first-order valence-electron chi connectivity index (χ1n) is 12.3. The number of thiophene rings is 1. The highest BCUT2D eigenvalue weighted by Gasteiger charge is 2.27. The summed E-state index contributed by atoms with van der Waals surface area (Å²) in [7, 11) is 0. The number of hydrogen-bond donors (Lipinski definition) is 4. The van der Waals surface area contributed by atoms with Crippen molar-refractivity contribution in [3.63, 3.8) is 0 Å². The maximum atomic E-state index is 13.5. The molecule has 0 aliphatic carbocycles. The van der Waals surface area contributed by atoms with Crippen molar-refractivity contribution in [2.24, 2.45) is 0 Å². The first kappa shape index (κ1) is 27.1. The number of ether oxygens (including phenoxy) is 1. The summed E-state index contributed by atoms with van der Waals surface area (Å²) >= 11 is 1.44. The highest BCUT2D eigenvalue weighted by atomic mass is 32.1. The highest BCUT2D eigenvalue weighted by Crippen LogP contribution is 2.26. The summed E-state index contributed by atoms with van der Waals surface area (Å²) in [6.45, 7) is 3.40. The molecule has 200 valence electrons. The Labute approximate surface area is 224 Å². The fraction of sp³-hybridized carbons (Fsp3) is 0.333. The maximum Gasteiger partial charge on any atom is 0.255 e. The molecule has 0 unspecified atom stereocenters. The van der Waals surface area contributed by atoms with Crippen molar-refractivity contribution in [3.8, 4) is 5.75 Å². The van der Waals surface area contributed by atoms with Gasteiger partial charge < -0.3 is 30.7 Å². The number of aliphatic hydroxyl groups is 1. The molecule has 38 heavy (non-hydrogen) atoms. The Hall–Kier alpha value is -3.96. The van der Waals surface area contributed by atoms with Crippen molar-refractivity contribution in [1.82, 2.24) is 20.9 Å². The number of hydrogen-bond acceptors (Lipinski definition) is 7. The van der Waals surface area contributed by atoms with Crippen molar-refractivity contribution < 1.29 is 29.0 Å². The molecule has 4 amide bonds. The summed E-state index contributed by atoms with van der Waals surface area (Å²) in [6.07, 6.45) is -1.18. The van der Waals surface area contributed by atoms with Gasteiger partial charge in [-0.05, 0) is 37.6 Å². The van der Waals surface area contributed by atoms with Crippen LogP contribution in [0.4, 0.5) is 0 Å². The van der Waals surface area contributed by atoms with Crippen molar-refractivity contribution in [1.29, 1.82) is 0 Å². The molecule has 2 atom stereocenters. The molecule has 0 fully saturated rings. The molecule has 2 heterocycles. The molecule has 2 bridgehead atoms. The smallest absolute Gasteiger partial charge is 0.255 e. The number of nitrogens with one attached hydrogen (secondary N) is 3. The lowest BCUT2D eigenvalue weighted by Gasteiger charge is -2.24. The largest absolute Gasteiger partial charge is 0.491 e. The van der Waals surface area contributed by atoms with Crippen LogP contribution in [0.2, 0.25) is 0 Å². The molecule has 1 aliphatic rings. The number of fused-ring (bicyclic) bond motifs is 3. The van der Waals surface area contributed by atoms with E-state index in [1.807, 2.05) is 31.2 Å². The van der Waals surface area contributed by atoms with Crippen LogP contribution in [0.3, 0.4) is 0 Å². The third-order valence-electron chi connectivity index (χ3n) is 6.20. The predicted octanol–water partition coefficient (Wildman–Crippen LogP) is 1.46. The number of amides is 4. The van der Waals surface area contributed by atoms with Crippen LogP contribution in [0, 0.1) is 6.92 Å². The van der Waals surface area contributed by atoms with E-state index in [0.29, 0.717) is 11.3 Å². The molecule has 2 aromatic carbocycles. The summed E-state index contributed by atoms with van der Waals surface area (Å²) in [5.74, 6) is -1.42.